The standard InChI is InChI=1S/C21H33N7O6/c1-11(22)17(30)28-16(10-13-5-7-14(29)8-6-13)19(32)27-15(4-3-9-25-21(23)24)18(31)26-12(2)20(33)34/h5-8,11-12,15-16,29H,3-4,9-10,22H2,1-2H3,(H,26,31)(H,27,32)(H,28,30)(H,33,34)(H4,23,24,25). The zero-order valence-corrected chi connectivity index (χ0v) is 19.2. The maximum absolute atomic E-state index is 13.1. The van der Waals surface area contributed by atoms with Gasteiger partial charge in [-0.05, 0) is 44.4 Å². The average Bonchev–Trinajstić information content (AvgIpc) is 2.76. The van der Waals surface area contributed by atoms with Gasteiger partial charge in [0.25, 0.3) is 0 Å². The minimum absolute atomic E-state index is 0.0365. The molecule has 34 heavy (non-hydrogen) atoms. The number of carbonyl (C=O) groups is 4. The molecule has 0 bridgehead atoms. The van der Waals surface area contributed by atoms with Gasteiger partial charge in [0.1, 0.15) is 23.9 Å². The van der Waals surface area contributed by atoms with Crippen molar-refractivity contribution in [2.75, 3.05) is 6.54 Å². The second kappa shape index (κ2) is 13.6. The summed E-state index contributed by atoms with van der Waals surface area (Å²) in [7, 11) is 0. The van der Waals surface area contributed by atoms with Crippen LogP contribution in [0.25, 0.3) is 0 Å². The van der Waals surface area contributed by atoms with Gasteiger partial charge >= 0.3 is 5.97 Å². The molecule has 4 unspecified atom stereocenters. The van der Waals surface area contributed by atoms with Gasteiger partial charge in [-0.3, -0.25) is 24.2 Å². The Morgan fingerprint density at radius 2 is 1.50 bits per heavy atom. The first-order valence-corrected chi connectivity index (χ1v) is 10.6. The van der Waals surface area contributed by atoms with Crippen LogP contribution in [0, 0.1) is 0 Å². The van der Waals surface area contributed by atoms with Crippen LogP contribution in [-0.4, -0.2) is 70.6 Å². The van der Waals surface area contributed by atoms with Crippen molar-refractivity contribution in [1.82, 2.24) is 16.0 Å². The fourth-order valence-corrected chi connectivity index (χ4v) is 2.80. The molecule has 13 nitrogen and oxygen atoms in total. The molecule has 1 aromatic carbocycles. The lowest BCUT2D eigenvalue weighted by Gasteiger charge is -2.24. The van der Waals surface area contributed by atoms with E-state index in [4.69, 9.17) is 22.3 Å². The van der Waals surface area contributed by atoms with E-state index in [1.807, 2.05) is 0 Å². The van der Waals surface area contributed by atoms with Crippen LogP contribution in [0.3, 0.4) is 0 Å². The van der Waals surface area contributed by atoms with E-state index in [0.29, 0.717) is 12.0 Å². The van der Waals surface area contributed by atoms with Gasteiger partial charge in [0, 0.05) is 13.0 Å². The second-order valence-electron chi connectivity index (χ2n) is 7.80. The number of aliphatic carboxylic acids is 1. The lowest BCUT2D eigenvalue weighted by atomic mass is 10.0. The van der Waals surface area contributed by atoms with Gasteiger partial charge in [-0.2, -0.15) is 0 Å². The van der Waals surface area contributed by atoms with E-state index >= 15 is 0 Å². The molecule has 0 fully saturated rings. The summed E-state index contributed by atoms with van der Waals surface area (Å²) in [6.45, 7) is 2.93. The van der Waals surface area contributed by atoms with Crippen LogP contribution >= 0.6 is 0 Å². The molecule has 0 aliphatic heterocycles. The first-order chi connectivity index (χ1) is 15.9. The number of phenolic OH excluding ortho intramolecular Hbond substituents is 1. The normalized spacial score (nSPS) is 14.1. The van der Waals surface area contributed by atoms with Crippen LogP contribution in [0.5, 0.6) is 5.75 Å². The third-order valence-electron chi connectivity index (χ3n) is 4.73. The smallest absolute Gasteiger partial charge is 0.325 e. The van der Waals surface area contributed by atoms with Gasteiger partial charge in [0.15, 0.2) is 5.96 Å². The molecule has 0 aliphatic rings. The largest absolute Gasteiger partial charge is 0.508 e. The monoisotopic (exact) mass is 479 g/mol. The first-order valence-electron chi connectivity index (χ1n) is 10.6. The number of hydrogen-bond acceptors (Lipinski definition) is 7. The number of nitrogens with one attached hydrogen (secondary N) is 3. The van der Waals surface area contributed by atoms with Crippen LogP contribution < -0.4 is 33.2 Å². The summed E-state index contributed by atoms with van der Waals surface area (Å²) in [5, 5.41) is 26.0. The number of amides is 3. The molecule has 0 saturated carbocycles. The zero-order chi connectivity index (χ0) is 25.8. The predicted molar refractivity (Wildman–Crippen MR) is 124 cm³/mol. The van der Waals surface area contributed by atoms with Gasteiger partial charge in [-0.15, -0.1) is 0 Å². The highest BCUT2D eigenvalue weighted by Crippen LogP contribution is 2.12. The molecule has 1 aromatic rings. The number of carbonyl (C=O) groups excluding carboxylic acids is 3. The third-order valence-corrected chi connectivity index (χ3v) is 4.73. The Bertz CT molecular complexity index is 884. The van der Waals surface area contributed by atoms with E-state index in [2.05, 4.69) is 20.9 Å². The lowest BCUT2D eigenvalue weighted by Crippen LogP contribution is -2.57. The summed E-state index contributed by atoms with van der Waals surface area (Å²) < 4.78 is 0. The van der Waals surface area contributed by atoms with Crippen molar-refractivity contribution in [2.45, 2.75) is 57.3 Å². The third kappa shape index (κ3) is 10.2. The Labute approximate surface area is 197 Å². The number of nitrogens with zero attached hydrogens (tertiary/aromatic N) is 1. The van der Waals surface area contributed by atoms with E-state index in [0.717, 1.165) is 0 Å². The molecule has 11 N–H and O–H groups in total. The van der Waals surface area contributed by atoms with Gasteiger partial charge in [-0.1, -0.05) is 12.1 Å². The minimum atomic E-state index is -1.24. The fraction of sp³-hybridized carbons (Fsp3) is 0.476. The molecule has 0 spiro atoms. The van der Waals surface area contributed by atoms with E-state index in [1.54, 1.807) is 12.1 Å². The lowest BCUT2D eigenvalue weighted by molar-refractivity contribution is -0.141. The van der Waals surface area contributed by atoms with Crippen LogP contribution in [0.4, 0.5) is 0 Å². The fourth-order valence-electron chi connectivity index (χ4n) is 2.80. The Balaban J connectivity index is 3.05. The summed E-state index contributed by atoms with van der Waals surface area (Å²) in [6.07, 6.45) is 0.471. The highest BCUT2D eigenvalue weighted by molar-refractivity contribution is 5.94. The maximum atomic E-state index is 13.1. The molecule has 0 heterocycles. The van der Waals surface area contributed by atoms with Crippen LogP contribution in [-0.2, 0) is 25.6 Å². The predicted octanol–water partition coefficient (Wildman–Crippen LogP) is -2.11. The molecule has 3 amide bonds. The molecule has 0 aromatic heterocycles. The molecule has 0 aliphatic carbocycles. The van der Waals surface area contributed by atoms with Crippen molar-refractivity contribution in [3.63, 3.8) is 0 Å². The highest BCUT2D eigenvalue weighted by Gasteiger charge is 2.29. The molecule has 188 valence electrons. The second-order valence-corrected chi connectivity index (χ2v) is 7.80. The van der Waals surface area contributed by atoms with Crippen LogP contribution in [0.2, 0.25) is 0 Å². The number of guanidine groups is 1. The van der Waals surface area contributed by atoms with E-state index in [-0.39, 0.29) is 31.1 Å². The number of phenols is 1. The number of rotatable bonds is 13. The number of hydrogen-bond donors (Lipinski definition) is 8. The Morgan fingerprint density at radius 1 is 0.941 bits per heavy atom. The highest BCUT2D eigenvalue weighted by atomic mass is 16.4. The van der Waals surface area contributed by atoms with E-state index < -0.39 is 47.9 Å². The average molecular weight is 480 g/mol. The summed E-state index contributed by atoms with van der Waals surface area (Å²) in [5.74, 6) is -3.30. The maximum Gasteiger partial charge on any atom is 0.325 e. The Hall–Kier alpha value is -3.87. The minimum Gasteiger partial charge on any atom is -0.508 e. The Kier molecular flexibility index (Phi) is 11.3. The number of aromatic hydroxyl groups is 1. The number of aliphatic imine (C=N–C) groups is 1. The van der Waals surface area contributed by atoms with Gasteiger partial charge in [0.05, 0.1) is 6.04 Å². The zero-order valence-electron chi connectivity index (χ0n) is 19.2. The Morgan fingerprint density at radius 3 is 2.03 bits per heavy atom. The summed E-state index contributed by atoms with van der Waals surface area (Å²) in [5.41, 5.74) is 16.8. The van der Waals surface area contributed by atoms with Crippen LogP contribution in [0.1, 0.15) is 32.3 Å². The van der Waals surface area contributed by atoms with Crippen LogP contribution in [0.15, 0.2) is 29.3 Å². The molecular formula is C21H33N7O6. The first kappa shape index (κ1) is 28.2. The van der Waals surface area contributed by atoms with Gasteiger partial charge < -0.3 is 43.4 Å². The van der Waals surface area contributed by atoms with Gasteiger partial charge in [-0.25, -0.2) is 0 Å². The van der Waals surface area contributed by atoms with Crippen molar-refractivity contribution < 1.29 is 29.4 Å². The number of benzene rings is 1. The van der Waals surface area contributed by atoms with Crippen molar-refractivity contribution in [1.29, 1.82) is 0 Å². The van der Waals surface area contributed by atoms with Crippen molar-refractivity contribution in [3.8, 4) is 5.75 Å². The SMILES string of the molecule is CC(N)C(=O)NC(Cc1ccc(O)cc1)C(=O)NC(CCCN=C(N)N)C(=O)NC(C)C(=O)O. The molecule has 4 atom stereocenters. The molecule has 0 saturated heterocycles. The van der Waals surface area contributed by atoms with E-state index in [9.17, 15) is 24.3 Å². The molecule has 0 radical (unpaired) electrons. The molecular weight excluding hydrogens is 446 g/mol. The van der Waals surface area contributed by atoms with Crippen molar-refractivity contribution in [3.05, 3.63) is 29.8 Å². The summed E-state index contributed by atoms with van der Waals surface area (Å²) in [4.78, 5) is 52.8. The number of nitrogens with two attached hydrogens (primary N) is 3. The van der Waals surface area contributed by atoms with E-state index in [1.165, 1.54) is 26.0 Å². The van der Waals surface area contributed by atoms with Gasteiger partial charge in [0.2, 0.25) is 17.7 Å². The summed E-state index contributed by atoms with van der Waals surface area (Å²) in [6, 6.07) is 1.77. The quantitative estimate of drug-likeness (QED) is 0.0876. The van der Waals surface area contributed by atoms with Crippen molar-refractivity contribution in [2.24, 2.45) is 22.2 Å². The molecule has 1 rings (SSSR count). The molecule has 13 heteroatoms. The van der Waals surface area contributed by atoms with Crippen molar-refractivity contribution >= 4 is 29.7 Å². The number of carboxylic acids is 1. The summed E-state index contributed by atoms with van der Waals surface area (Å²) >= 11 is 0. The number of carboxylic acid groups (broad SMARTS) is 1. The topological polar surface area (TPSA) is 235 Å².